The van der Waals surface area contributed by atoms with Gasteiger partial charge in [0.15, 0.2) is 0 Å². The molecule has 0 saturated carbocycles. The van der Waals surface area contributed by atoms with Crippen LogP contribution in [-0.2, 0) is 0 Å². The smallest absolute Gasteiger partial charge is 0.143 e. The lowest BCUT2D eigenvalue weighted by molar-refractivity contribution is 0.535. The quantitative estimate of drug-likeness (QED) is 0.360. The van der Waals surface area contributed by atoms with E-state index in [1.807, 2.05) is 0 Å². The lowest BCUT2D eigenvalue weighted by Gasteiger charge is -1.94. The van der Waals surface area contributed by atoms with Crippen molar-refractivity contribution in [3.63, 3.8) is 0 Å². The molecule has 2 aromatic carbocycles. The molecule has 0 spiro atoms. The van der Waals surface area contributed by atoms with Gasteiger partial charge in [-0.15, -0.1) is 0 Å². The molecule has 0 amide bonds. The van der Waals surface area contributed by atoms with Gasteiger partial charge in [0.2, 0.25) is 0 Å². The minimum atomic E-state index is -0.933. The summed E-state index contributed by atoms with van der Waals surface area (Å²) in [6.45, 7) is 0. The maximum atomic E-state index is 12.3. The van der Waals surface area contributed by atoms with E-state index in [-0.39, 0.29) is 4.47 Å². The van der Waals surface area contributed by atoms with Crippen molar-refractivity contribution in [2.75, 3.05) is 0 Å². The Balaban J connectivity index is 0.000000191. The predicted molar refractivity (Wildman–Crippen MR) is 60.3 cm³/mol. The van der Waals surface area contributed by atoms with Crippen LogP contribution >= 0.6 is 15.9 Å². The lowest BCUT2D eigenvalue weighted by atomic mass is 10.3. The molecule has 0 bridgehead atoms. The maximum Gasteiger partial charge on any atom is 0.143 e. The second-order valence-electron chi connectivity index (χ2n) is 3.27. The van der Waals surface area contributed by atoms with Crippen LogP contribution in [0.2, 0.25) is 0 Å². The second-order valence-corrected chi connectivity index (χ2v) is 4.06. The van der Waals surface area contributed by atoms with E-state index in [2.05, 4.69) is 15.9 Å². The molecular formula is C12H5BrF6. The van der Waals surface area contributed by atoms with Crippen molar-refractivity contribution >= 4 is 15.9 Å². The number of hydrogen-bond donors (Lipinski definition) is 0. The minimum absolute atomic E-state index is 0.339. The van der Waals surface area contributed by atoms with Gasteiger partial charge in [-0.3, -0.25) is 0 Å². The SMILES string of the molecule is Fc1cc(F)c(Br)c(F)c1.Fc1cc(F)cc(F)c1. The van der Waals surface area contributed by atoms with E-state index in [0.717, 1.165) is 0 Å². The van der Waals surface area contributed by atoms with E-state index in [1.54, 1.807) is 0 Å². The van der Waals surface area contributed by atoms with Gasteiger partial charge in [-0.1, -0.05) is 0 Å². The molecule has 0 aliphatic heterocycles. The Bertz CT molecular complexity index is 511. The van der Waals surface area contributed by atoms with Crippen LogP contribution in [0, 0.1) is 34.9 Å². The van der Waals surface area contributed by atoms with Crippen LogP contribution < -0.4 is 0 Å². The van der Waals surface area contributed by atoms with Gasteiger partial charge in [0.1, 0.15) is 34.9 Å². The first-order chi connectivity index (χ1) is 8.79. The van der Waals surface area contributed by atoms with Gasteiger partial charge in [0.25, 0.3) is 0 Å². The first kappa shape index (κ1) is 15.6. The van der Waals surface area contributed by atoms with Gasteiger partial charge in [-0.2, -0.15) is 0 Å². The van der Waals surface area contributed by atoms with Gasteiger partial charge in [0.05, 0.1) is 4.47 Å². The Morgan fingerprint density at radius 3 is 1.11 bits per heavy atom. The molecule has 0 N–H and O–H groups in total. The fraction of sp³-hybridized carbons (Fsp3) is 0. The van der Waals surface area contributed by atoms with Crippen molar-refractivity contribution in [3.05, 3.63) is 69.7 Å². The molecular weight excluding hydrogens is 338 g/mol. The van der Waals surface area contributed by atoms with Crippen LogP contribution in [0.15, 0.2) is 34.8 Å². The molecule has 0 fully saturated rings. The van der Waals surface area contributed by atoms with Crippen LogP contribution in [0.3, 0.4) is 0 Å². The third kappa shape index (κ3) is 4.94. The molecule has 0 unspecified atom stereocenters. The van der Waals surface area contributed by atoms with Crippen molar-refractivity contribution in [2.45, 2.75) is 0 Å². The summed E-state index contributed by atoms with van der Waals surface area (Å²) >= 11 is 2.60. The molecule has 2 aromatic rings. The average Bonchev–Trinajstić information content (AvgIpc) is 2.24. The summed E-state index contributed by atoms with van der Waals surface area (Å²) in [6, 6.07) is 3.05. The van der Waals surface area contributed by atoms with Gasteiger partial charge in [0, 0.05) is 30.3 Å². The third-order valence-electron chi connectivity index (χ3n) is 1.78. The molecule has 0 atom stereocenters. The van der Waals surface area contributed by atoms with E-state index < -0.39 is 34.9 Å². The van der Waals surface area contributed by atoms with E-state index in [4.69, 9.17) is 0 Å². The van der Waals surface area contributed by atoms with Gasteiger partial charge < -0.3 is 0 Å². The minimum Gasteiger partial charge on any atom is -0.207 e. The number of hydrogen-bond acceptors (Lipinski definition) is 0. The molecule has 0 radical (unpaired) electrons. The van der Waals surface area contributed by atoms with Crippen molar-refractivity contribution in [3.8, 4) is 0 Å². The van der Waals surface area contributed by atoms with Gasteiger partial charge in [-0.25, -0.2) is 26.3 Å². The topological polar surface area (TPSA) is 0 Å². The zero-order chi connectivity index (χ0) is 14.6. The predicted octanol–water partition coefficient (Wildman–Crippen LogP) is 4.97. The monoisotopic (exact) mass is 342 g/mol. The van der Waals surface area contributed by atoms with Crippen LogP contribution in [0.25, 0.3) is 0 Å². The van der Waals surface area contributed by atoms with E-state index in [1.165, 1.54) is 0 Å². The van der Waals surface area contributed by atoms with Gasteiger partial charge >= 0.3 is 0 Å². The molecule has 7 heteroatoms. The molecule has 102 valence electrons. The average molecular weight is 343 g/mol. The molecule has 0 saturated heterocycles. The second kappa shape index (κ2) is 6.60. The van der Waals surface area contributed by atoms with Gasteiger partial charge in [-0.05, 0) is 15.9 Å². The number of benzene rings is 2. The highest BCUT2D eigenvalue weighted by molar-refractivity contribution is 9.10. The third-order valence-corrected chi connectivity index (χ3v) is 2.53. The van der Waals surface area contributed by atoms with Crippen molar-refractivity contribution < 1.29 is 26.3 Å². The summed E-state index contributed by atoms with van der Waals surface area (Å²) in [4.78, 5) is 0. The zero-order valence-electron chi connectivity index (χ0n) is 9.03. The molecule has 2 rings (SSSR count). The first-order valence-corrected chi connectivity index (χ1v) is 5.50. The Hall–Kier alpha value is -1.50. The highest BCUT2D eigenvalue weighted by Crippen LogP contribution is 2.19. The normalized spacial score (nSPS) is 9.84. The first-order valence-electron chi connectivity index (χ1n) is 4.71. The maximum absolute atomic E-state index is 12.3. The Morgan fingerprint density at radius 2 is 0.789 bits per heavy atom. The summed E-state index contributed by atoms with van der Waals surface area (Å²) in [5.41, 5.74) is 0. The number of rotatable bonds is 0. The van der Waals surface area contributed by atoms with Crippen LogP contribution in [0.4, 0.5) is 26.3 Å². The summed E-state index contributed by atoms with van der Waals surface area (Å²) in [5.74, 6) is -5.47. The van der Waals surface area contributed by atoms with Crippen molar-refractivity contribution in [1.82, 2.24) is 0 Å². The zero-order valence-corrected chi connectivity index (χ0v) is 10.6. The Kier molecular flexibility index (Phi) is 5.41. The van der Waals surface area contributed by atoms with Crippen molar-refractivity contribution in [2.24, 2.45) is 0 Å². The molecule has 0 aliphatic rings. The number of halogens is 7. The van der Waals surface area contributed by atoms with Crippen LogP contribution in [-0.4, -0.2) is 0 Å². The summed E-state index contributed by atoms with van der Waals surface area (Å²) in [6.07, 6.45) is 0. The largest absolute Gasteiger partial charge is 0.207 e. The van der Waals surface area contributed by atoms with Crippen molar-refractivity contribution in [1.29, 1.82) is 0 Å². The highest BCUT2D eigenvalue weighted by Gasteiger charge is 2.06. The highest BCUT2D eigenvalue weighted by atomic mass is 79.9. The molecule has 0 nitrogen and oxygen atoms in total. The Labute approximate surface area is 112 Å². The van der Waals surface area contributed by atoms with Crippen LogP contribution in [0.1, 0.15) is 0 Å². The molecule has 0 aliphatic carbocycles. The Morgan fingerprint density at radius 1 is 0.526 bits per heavy atom. The van der Waals surface area contributed by atoms with E-state index in [9.17, 15) is 26.3 Å². The molecule has 19 heavy (non-hydrogen) atoms. The van der Waals surface area contributed by atoms with Crippen LogP contribution in [0.5, 0.6) is 0 Å². The molecule has 0 heterocycles. The summed E-state index contributed by atoms with van der Waals surface area (Å²) < 4.78 is 72.2. The van der Waals surface area contributed by atoms with E-state index >= 15 is 0 Å². The summed E-state index contributed by atoms with van der Waals surface area (Å²) in [7, 11) is 0. The van der Waals surface area contributed by atoms with E-state index in [0.29, 0.717) is 30.3 Å². The summed E-state index contributed by atoms with van der Waals surface area (Å²) in [5, 5.41) is 0. The lowest BCUT2D eigenvalue weighted by Crippen LogP contribution is -1.85. The standard InChI is InChI=1S/C6H2BrF3.C6H3F3/c7-6-4(9)1-3(8)2-5(6)10;7-4-1-5(8)3-6(9)2-4/h1-2H;1-3H. The fourth-order valence-corrected chi connectivity index (χ4v) is 1.27. The molecule has 0 aromatic heterocycles. The fourth-order valence-electron chi connectivity index (χ4n) is 1.04.